The molecule has 2 rings (SSSR count). The molecule has 18 heavy (non-hydrogen) atoms. The quantitative estimate of drug-likeness (QED) is 0.818. The molecule has 1 saturated carbocycles. The summed E-state index contributed by atoms with van der Waals surface area (Å²) < 4.78 is 19.2. The van der Waals surface area contributed by atoms with Crippen LogP contribution in [0.25, 0.3) is 0 Å². The predicted octanol–water partition coefficient (Wildman–Crippen LogP) is 2.40. The molecule has 1 atom stereocenters. The summed E-state index contributed by atoms with van der Waals surface area (Å²) in [5, 5.41) is 12.6. The van der Waals surface area contributed by atoms with Crippen LogP contribution in [0.1, 0.15) is 38.3 Å². The van der Waals surface area contributed by atoms with Crippen LogP contribution in [-0.2, 0) is 0 Å². The molecule has 0 bridgehead atoms. The fourth-order valence-electron chi connectivity index (χ4n) is 1.87. The van der Waals surface area contributed by atoms with Crippen LogP contribution in [0.2, 0.25) is 0 Å². The fraction of sp³-hybridized carbons (Fsp3) is 0.571. The van der Waals surface area contributed by atoms with Gasteiger partial charge in [-0.1, -0.05) is 6.07 Å². The zero-order valence-electron chi connectivity index (χ0n) is 10.8. The molecule has 100 valence electrons. The number of halogens is 1. The Hall–Kier alpha value is -1.13. The largest absolute Gasteiger partial charge is 0.488 e. The van der Waals surface area contributed by atoms with Gasteiger partial charge in [0.25, 0.3) is 0 Å². The lowest BCUT2D eigenvalue weighted by atomic mass is 10.1. The molecule has 4 heteroatoms. The summed E-state index contributed by atoms with van der Waals surface area (Å²) in [5.74, 6) is -0.117. The van der Waals surface area contributed by atoms with E-state index in [1.54, 1.807) is 12.1 Å². The van der Waals surface area contributed by atoms with Gasteiger partial charge in [-0.25, -0.2) is 4.39 Å². The first-order chi connectivity index (χ1) is 8.60. The summed E-state index contributed by atoms with van der Waals surface area (Å²) in [6.07, 6.45) is 2.21. The summed E-state index contributed by atoms with van der Waals surface area (Å²) in [5.41, 5.74) is 0.762. The molecular formula is C14H20FNO2. The number of hydrogen-bond donors (Lipinski definition) is 2. The molecule has 1 aliphatic carbocycles. The van der Waals surface area contributed by atoms with Crippen LogP contribution >= 0.6 is 0 Å². The van der Waals surface area contributed by atoms with E-state index in [0.29, 0.717) is 6.04 Å². The van der Waals surface area contributed by atoms with Crippen LogP contribution in [0.3, 0.4) is 0 Å². The van der Waals surface area contributed by atoms with Gasteiger partial charge in [0.05, 0.1) is 18.8 Å². The third kappa shape index (κ3) is 3.43. The van der Waals surface area contributed by atoms with Crippen molar-refractivity contribution in [2.24, 2.45) is 0 Å². The fourth-order valence-corrected chi connectivity index (χ4v) is 1.87. The van der Waals surface area contributed by atoms with Gasteiger partial charge >= 0.3 is 0 Å². The third-order valence-electron chi connectivity index (χ3n) is 2.92. The van der Waals surface area contributed by atoms with Gasteiger partial charge in [-0.2, -0.15) is 0 Å². The predicted molar refractivity (Wildman–Crippen MR) is 68.1 cm³/mol. The minimum absolute atomic E-state index is 0.0275. The Labute approximate surface area is 107 Å². The van der Waals surface area contributed by atoms with E-state index in [1.165, 1.54) is 6.07 Å². The second kappa shape index (κ2) is 5.67. The topological polar surface area (TPSA) is 41.5 Å². The second-order valence-corrected chi connectivity index (χ2v) is 5.03. The van der Waals surface area contributed by atoms with Crippen molar-refractivity contribution in [3.05, 3.63) is 29.6 Å². The summed E-state index contributed by atoms with van der Waals surface area (Å²) >= 11 is 0. The molecule has 0 aliphatic heterocycles. The van der Waals surface area contributed by atoms with Gasteiger partial charge in [0.15, 0.2) is 11.6 Å². The number of rotatable bonds is 6. The SMILES string of the molecule is CC(C)Oc1ccc(C(CO)NC2CC2)cc1F. The first kappa shape index (κ1) is 13.3. The Morgan fingerprint density at radius 1 is 1.44 bits per heavy atom. The van der Waals surface area contributed by atoms with E-state index in [9.17, 15) is 9.50 Å². The van der Waals surface area contributed by atoms with Crippen molar-refractivity contribution >= 4 is 0 Å². The summed E-state index contributed by atoms with van der Waals surface area (Å²) in [7, 11) is 0. The van der Waals surface area contributed by atoms with Crippen molar-refractivity contribution in [2.45, 2.75) is 44.9 Å². The van der Waals surface area contributed by atoms with Gasteiger partial charge in [-0.05, 0) is 44.4 Å². The van der Waals surface area contributed by atoms with E-state index >= 15 is 0 Å². The molecule has 0 saturated heterocycles. The molecule has 0 amide bonds. The van der Waals surface area contributed by atoms with E-state index in [0.717, 1.165) is 18.4 Å². The highest BCUT2D eigenvalue weighted by Crippen LogP contribution is 2.27. The van der Waals surface area contributed by atoms with Crippen molar-refractivity contribution < 1.29 is 14.2 Å². The molecule has 1 aromatic carbocycles. The first-order valence-corrected chi connectivity index (χ1v) is 6.43. The molecule has 0 radical (unpaired) electrons. The molecule has 1 unspecified atom stereocenters. The van der Waals surface area contributed by atoms with E-state index in [2.05, 4.69) is 5.32 Å². The number of aliphatic hydroxyl groups is 1. The molecule has 2 N–H and O–H groups in total. The van der Waals surface area contributed by atoms with Crippen LogP contribution in [0.4, 0.5) is 4.39 Å². The third-order valence-corrected chi connectivity index (χ3v) is 2.92. The van der Waals surface area contributed by atoms with Crippen LogP contribution in [0.15, 0.2) is 18.2 Å². The maximum absolute atomic E-state index is 13.8. The number of nitrogens with one attached hydrogen (secondary N) is 1. The Morgan fingerprint density at radius 2 is 2.17 bits per heavy atom. The Kier molecular flexibility index (Phi) is 4.19. The Morgan fingerprint density at radius 3 is 2.67 bits per heavy atom. The van der Waals surface area contributed by atoms with Gasteiger partial charge in [-0.15, -0.1) is 0 Å². The van der Waals surface area contributed by atoms with Gasteiger partial charge in [0.1, 0.15) is 0 Å². The lowest BCUT2D eigenvalue weighted by molar-refractivity contribution is 0.229. The van der Waals surface area contributed by atoms with E-state index in [1.807, 2.05) is 13.8 Å². The Bertz CT molecular complexity index is 405. The monoisotopic (exact) mass is 253 g/mol. The molecule has 1 aromatic rings. The van der Waals surface area contributed by atoms with Gasteiger partial charge in [0.2, 0.25) is 0 Å². The molecule has 1 fully saturated rings. The summed E-state index contributed by atoms with van der Waals surface area (Å²) in [6.45, 7) is 3.69. The van der Waals surface area contributed by atoms with Crippen molar-refractivity contribution in [3.8, 4) is 5.75 Å². The number of hydrogen-bond acceptors (Lipinski definition) is 3. The van der Waals surface area contributed by atoms with Crippen molar-refractivity contribution in [1.29, 1.82) is 0 Å². The highest BCUT2D eigenvalue weighted by atomic mass is 19.1. The van der Waals surface area contributed by atoms with Crippen LogP contribution < -0.4 is 10.1 Å². The zero-order chi connectivity index (χ0) is 13.1. The van der Waals surface area contributed by atoms with Crippen LogP contribution in [0.5, 0.6) is 5.75 Å². The average Bonchev–Trinajstić information content (AvgIpc) is 3.12. The minimum Gasteiger partial charge on any atom is -0.488 e. The lowest BCUT2D eigenvalue weighted by Gasteiger charge is -2.18. The molecular weight excluding hydrogens is 233 g/mol. The van der Waals surface area contributed by atoms with E-state index < -0.39 is 0 Å². The highest BCUT2D eigenvalue weighted by Gasteiger charge is 2.25. The number of ether oxygens (including phenoxy) is 1. The first-order valence-electron chi connectivity index (χ1n) is 6.43. The minimum atomic E-state index is -0.378. The second-order valence-electron chi connectivity index (χ2n) is 5.03. The maximum atomic E-state index is 13.8. The van der Waals surface area contributed by atoms with E-state index in [-0.39, 0.29) is 30.3 Å². The summed E-state index contributed by atoms with van der Waals surface area (Å²) in [4.78, 5) is 0. The van der Waals surface area contributed by atoms with Crippen molar-refractivity contribution in [2.75, 3.05) is 6.61 Å². The van der Waals surface area contributed by atoms with Gasteiger partial charge in [0, 0.05) is 6.04 Å². The Balaban J connectivity index is 2.10. The smallest absolute Gasteiger partial charge is 0.165 e. The van der Waals surface area contributed by atoms with E-state index in [4.69, 9.17) is 4.74 Å². The van der Waals surface area contributed by atoms with Gasteiger partial charge < -0.3 is 15.2 Å². The number of aliphatic hydroxyl groups excluding tert-OH is 1. The maximum Gasteiger partial charge on any atom is 0.165 e. The lowest BCUT2D eigenvalue weighted by Crippen LogP contribution is -2.26. The average molecular weight is 253 g/mol. The molecule has 3 nitrogen and oxygen atoms in total. The van der Waals surface area contributed by atoms with Crippen molar-refractivity contribution in [1.82, 2.24) is 5.32 Å². The molecule has 1 aliphatic rings. The van der Waals surface area contributed by atoms with Crippen LogP contribution in [-0.4, -0.2) is 23.9 Å². The standard InChI is InChI=1S/C14H20FNO2/c1-9(2)18-14-6-3-10(7-12(14)15)13(8-17)16-11-4-5-11/h3,6-7,9,11,13,16-17H,4-5,8H2,1-2H3. The van der Waals surface area contributed by atoms with Crippen molar-refractivity contribution in [3.63, 3.8) is 0 Å². The van der Waals surface area contributed by atoms with Crippen LogP contribution in [0, 0.1) is 5.82 Å². The zero-order valence-corrected chi connectivity index (χ0v) is 10.8. The molecule has 0 heterocycles. The molecule has 0 aromatic heterocycles. The summed E-state index contributed by atoms with van der Waals surface area (Å²) in [6, 6.07) is 5.14. The highest BCUT2D eigenvalue weighted by molar-refractivity contribution is 5.31. The number of benzene rings is 1. The molecule has 0 spiro atoms. The van der Waals surface area contributed by atoms with Gasteiger partial charge in [-0.3, -0.25) is 0 Å². The normalized spacial score (nSPS) is 16.9.